The van der Waals surface area contributed by atoms with Crippen LogP contribution < -0.4 is 10.1 Å². The Bertz CT molecular complexity index is 633. The summed E-state index contributed by atoms with van der Waals surface area (Å²) in [5, 5.41) is 2.89. The molecule has 0 unspecified atom stereocenters. The number of aryl methyl sites for hydroxylation is 1. The molecule has 0 spiro atoms. The van der Waals surface area contributed by atoms with E-state index in [-0.39, 0.29) is 12.5 Å². The highest BCUT2D eigenvalue weighted by atomic mass is 16.5. The van der Waals surface area contributed by atoms with Gasteiger partial charge in [0.2, 0.25) is 0 Å². The van der Waals surface area contributed by atoms with Crippen LogP contribution in [0.25, 0.3) is 0 Å². The highest BCUT2D eigenvalue weighted by molar-refractivity contribution is 5.77. The number of nitrogens with zero attached hydrogens (tertiary/aromatic N) is 2. The maximum atomic E-state index is 11.8. The fraction of sp³-hybridized carbons (Fsp3) is 0.412. The molecule has 0 radical (unpaired) electrons. The van der Waals surface area contributed by atoms with Crippen molar-refractivity contribution in [2.24, 2.45) is 0 Å². The molecular formula is C17H21N3O2. The van der Waals surface area contributed by atoms with Crippen molar-refractivity contribution < 1.29 is 9.53 Å². The van der Waals surface area contributed by atoms with E-state index in [0.29, 0.717) is 18.2 Å². The predicted molar refractivity (Wildman–Crippen MR) is 83.9 cm³/mol. The normalized spacial score (nSPS) is 13.9. The van der Waals surface area contributed by atoms with Gasteiger partial charge < -0.3 is 14.6 Å². The molecule has 2 aromatic rings. The maximum absolute atomic E-state index is 11.8. The van der Waals surface area contributed by atoms with Gasteiger partial charge in [-0.15, -0.1) is 0 Å². The van der Waals surface area contributed by atoms with E-state index in [2.05, 4.69) is 21.8 Å². The lowest BCUT2D eigenvalue weighted by atomic mass is 10.3. The zero-order valence-electron chi connectivity index (χ0n) is 12.8. The summed E-state index contributed by atoms with van der Waals surface area (Å²) in [6, 6.07) is 9.36. The van der Waals surface area contributed by atoms with Crippen molar-refractivity contribution >= 4 is 5.91 Å². The lowest BCUT2D eigenvalue weighted by Gasteiger charge is -2.11. The first-order valence-electron chi connectivity index (χ1n) is 7.70. The number of imidazole rings is 1. The molecule has 1 aromatic carbocycles. The van der Waals surface area contributed by atoms with Gasteiger partial charge in [0.1, 0.15) is 11.6 Å². The summed E-state index contributed by atoms with van der Waals surface area (Å²) in [4.78, 5) is 16.3. The van der Waals surface area contributed by atoms with Crippen molar-refractivity contribution in [2.75, 3.05) is 13.2 Å². The summed E-state index contributed by atoms with van der Waals surface area (Å²) in [7, 11) is 0. The first-order valence-corrected chi connectivity index (χ1v) is 7.70. The summed E-state index contributed by atoms with van der Waals surface area (Å²) >= 11 is 0. The van der Waals surface area contributed by atoms with Crippen molar-refractivity contribution in [1.82, 2.24) is 14.9 Å². The highest BCUT2D eigenvalue weighted by Crippen LogP contribution is 2.39. The molecule has 1 aliphatic rings. The molecule has 1 saturated carbocycles. The zero-order chi connectivity index (χ0) is 15.4. The Hall–Kier alpha value is -2.30. The van der Waals surface area contributed by atoms with Crippen molar-refractivity contribution in [2.45, 2.75) is 32.2 Å². The minimum atomic E-state index is -0.102. The quantitative estimate of drug-likeness (QED) is 0.853. The first kappa shape index (κ1) is 14.6. The van der Waals surface area contributed by atoms with Gasteiger partial charge in [0, 0.05) is 30.9 Å². The number of aromatic nitrogens is 2. The molecule has 116 valence electrons. The van der Waals surface area contributed by atoms with Gasteiger partial charge in [0.25, 0.3) is 5.91 Å². The SMILES string of the molecule is Cc1cnc(C2CC2)n1CCNC(=O)COc1ccccc1. The Morgan fingerprint density at radius 3 is 2.86 bits per heavy atom. The van der Waals surface area contributed by atoms with E-state index in [0.717, 1.165) is 18.1 Å². The van der Waals surface area contributed by atoms with E-state index in [4.69, 9.17) is 4.74 Å². The van der Waals surface area contributed by atoms with Crippen molar-refractivity contribution in [3.8, 4) is 5.75 Å². The summed E-state index contributed by atoms with van der Waals surface area (Å²) in [5.74, 6) is 2.38. The lowest BCUT2D eigenvalue weighted by molar-refractivity contribution is -0.123. The Morgan fingerprint density at radius 1 is 1.36 bits per heavy atom. The van der Waals surface area contributed by atoms with Crippen molar-refractivity contribution in [3.63, 3.8) is 0 Å². The van der Waals surface area contributed by atoms with Gasteiger partial charge in [-0.3, -0.25) is 4.79 Å². The van der Waals surface area contributed by atoms with E-state index < -0.39 is 0 Å². The molecule has 0 saturated heterocycles. The summed E-state index contributed by atoms with van der Waals surface area (Å²) in [5.41, 5.74) is 1.15. The van der Waals surface area contributed by atoms with Crippen LogP contribution in [-0.4, -0.2) is 28.6 Å². The maximum Gasteiger partial charge on any atom is 0.258 e. The number of nitrogens with one attached hydrogen (secondary N) is 1. The molecule has 22 heavy (non-hydrogen) atoms. The molecule has 5 heteroatoms. The third-order valence-corrected chi connectivity index (χ3v) is 3.80. The van der Waals surface area contributed by atoms with E-state index in [1.54, 1.807) is 0 Å². The van der Waals surface area contributed by atoms with Crippen LogP contribution in [0.2, 0.25) is 0 Å². The van der Waals surface area contributed by atoms with E-state index in [1.165, 1.54) is 12.8 Å². The Labute approximate surface area is 130 Å². The molecule has 1 aromatic heterocycles. The number of carbonyl (C=O) groups is 1. The molecule has 0 bridgehead atoms. The minimum Gasteiger partial charge on any atom is -0.484 e. The smallest absolute Gasteiger partial charge is 0.258 e. The average molecular weight is 299 g/mol. The van der Waals surface area contributed by atoms with Crippen LogP contribution >= 0.6 is 0 Å². The van der Waals surface area contributed by atoms with Crippen LogP contribution in [0, 0.1) is 6.92 Å². The fourth-order valence-corrected chi connectivity index (χ4v) is 2.46. The van der Waals surface area contributed by atoms with Gasteiger partial charge in [-0.05, 0) is 31.9 Å². The number of para-hydroxylation sites is 1. The molecule has 3 rings (SSSR count). The fourth-order valence-electron chi connectivity index (χ4n) is 2.46. The van der Waals surface area contributed by atoms with Gasteiger partial charge in [-0.2, -0.15) is 0 Å². The van der Waals surface area contributed by atoms with E-state index in [1.807, 2.05) is 36.5 Å². The monoisotopic (exact) mass is 299 g/mol. The van der Waals surface area contributed by atoms with Gasteiger partial charge in [0.15, 0.2) is 6.61 Å². The number of carbonyl (C=O) groups excluding carboxylic acids is 1. The first-order chi connectivity index (χ1) is 10.7. The van der Waals surface area contributed by atoms with Gasteiger partial charge in [0.05, 0.1) is 0 Å². The predicted octanol–water partition coefficient (Wildman–Crippen LogP) is 2.26. The summed E-state index contributed by atoms with van der Waals surface area (Å²) in [6.07, 6.45) is 4.37. The average Bonchev–Trinajstić information content (AvgIpc) is 3.31. The number of ether oxygens (including phenoxy) is 1. The summed E-state index contributed by atoms with van der Waals surface area (Å²) < 4.78 is 7.62. The van der Waals surface area contributed by atoms with Crippen LogP contribution in [0.3, 0.4) is 0 Å². The molecular weight excluding hydrogens is 278 g/mol. The Balaban J connectivity index is 1.43. The van der Waals surface area contributed by atoms with Crippen LogP contribution in [0.5, 0.6) is 5.75 Å². The third kappa shape index (κ3) is 3.67. The zero-order valence-corrected chi connectivity index (χ0v) is 12.8. The Kier molecular flexibility index (Phi) is 4.42. The van der Waals surface area contributed by atoms with Gasteiger partial charge in [-0.25, -0.2) is 4.98 Å². The van der Waals surface area contributed by atoms with Crippen molar-refractivity contribution in [1.29, 1.82) is 0 Å². The standard InChI is InChI=1S/C17H21N3O2/c1-13-11-19-17(14-7-8-14)20(13)10-9-18-16(21)12-22-15-5-3-2-4-6-15/h2-6,11,14H,7-10,12H2,1H3,(H,18,21). The van der Waals surface area contributed by atoms with Crippen molar-refractivity contribution in [3.05, 3.63) is 48.0 Å². The number of rotatable bonds is 7. The van der Waals surface area contributed by atoms with Crippen LogP contribution in [0.15, 0.2) is 36.5 Å². The lowest BCUT2D eigenvalue weighted by Crippen LogP contribution is -2.32. The number of amides is 1. The molecule has 0 atom stereocenters. The second-order valence-corrected chi connectivity index (χ2v) is 5.64. The number of hydrogen-bond donors (Lipinski definition) is 1. The van der Waals surface area contributed by atoms with E-state index >= 15 is 0 Å². The van der Waals surface area contributed by atoms with Gasteiger partial charge >= 0.3 is 0 Å². The molecule has 1 N–H and O–H groups in total. The van der Waals surface area contributed by atoms with Crippen LogP contribution in [0.1, 0.15) is 30.3 Å². The molecule has 1 fully saturated rings. The Morgan fingerprint density at radius 2 is 2.14 bits per heavy atom. The molecule has 5 nitrogen and oxygen atoms in total. The molecule has 0 aliphatic heterocycles. The highest BCUT2D eigenvalue weighted by Gasteiger charge is 2.28. The number of hydrogen-bond acceptors (Lipinski definition) is 3. The minimum absolute atomic E-state index is 0.0441. The second kappa shape index (κ2) is 6.64. The molecule has 1 amide bonds. The molecule has 1 heterocycles. The second-order valence-electron chi connectivity index (χ2n) is 5.64. The summed E-state index contributed by atoms with van der Waals surface area (Å²) in [6.45, 7) is 3.45. The topological polar surface area (TPSA) is 56.2 Å². The third-order valence-electron chi connectivity index (χ3n) is 3.80. The van der Waals surface area contributed by atoms with Crippen LogP contribution in [0.4, 0.5) is 0 Å². The van der Waals surface area contributed by atoms with E-state index in [9.17, 15) is 4.79 Å². The molecule has 1 aliphatic carbocycles. The van der Waals surface area contributed by atoms with Gasteiger partial charge in [-0.1, -0.05) is 18.2 Å². The largest absolute Gasteiger partial charge is 0.484 e. The number of benzene rings is 1. The van der Waals surface area contributed by atoms with Crippen LogP contribution in [-0.2, 0) is 11.3 Å².